The molecule has 1 unspecified atom stereocenters. The van der Waals surface area contributed by atoms with E-state index in [9.17, 15) is 18.0 Å². The van der Waals surface area contributed by atoms with Gasteiger partial charge in [0.05, 0.1) is 11.9 Å². The van der Waals surface area contributed by atoms with E-state index in [1.165, 1.54) is 13.0 Å². The van der Waals surface area contributed by atoms with Gasteiger partial charge in [-0.3, -0.25) is 14.3 Å². The molecule has 110 valence electrons. The van der Waals surface area contributed by atoms with E-state index in [1.54, 1.807) is 25.1 Å². The summed E-state index contributed by atoms with van der Waals surface area (Å²) in [6.45, 7) is 2.87. The molecule has 0 bridgehead atoms. The molecule has 0 saturated carbocycles. The number of benzene rings is 1. The van der Waals surface area contributed by atoms with Gasteiger partial charge in [-0.15, -0.1) is 0 Å². The molecular weight excluding hydrogens is 282 g/mol. The number of hydrogen-bond acceptors (Lipinski definition) is 4. The second kappa shape index (κ2) is 6.38. The van der Waals surface area contributed by atoms with Crippen molar-refractivity contribution in [2.24, 2.45) is 0 Å². The van der Waals surface area contributed by atoms with Gasteiger partial charge in [-0.05, 0) is 25.1 Å². The molecule has 0 aliphatic heterocycles. The molecule has 2 amide bonds. The largest absolute Gasteiger partial charge is 0.345 e. The topological polar surface area (TPSA) is 104 Å². The zero-order chi connectivity index (χ0) is 15.3. The average Bonchev–Trinajstić information content (AvgIpc) is 2.25. The monoisotopic (exact) mass is 299 g/mol. The Balaban J connectivity index is 2.76. The minimum atomic E-state index is -3.37. The van der Waals surface area contributed by atoms with E-state index in [1.807, 2.05) is 0 Å². The first-order valence-corrected chi connectivity index (χ1v) is 7.72. The van der Waals surface area contributed by atoms with E-state index in [4.69, 9.17) is 0 Å². The van der Waals surface area contributed by atoms with Crippen molar-refractivity contribution in [3.8, 4) is 0 Å². The second-order valence-electron chi connectivity index (χ2n) is 4.37. The minimum Gasteiger partial charge on any atom is -0.345 e. The van der Waals surface area contributed by atoms with Crippen molar-refractivity contribution >= 4 is 33.2 Å². The molecule has 1 aromatic rings. The third-order valence-electron chi connectivity index (χ3n) is 2.25. The normalized spacial score (nSPS) is 12.3. The lowest BCUT2D eigenvalue weighted by molar-refractivity contribution is -0.124. The highest BCUT2D eigenvalue weighted by molar-refractivity contribution is 7.92. The molecular formula is C12H17N3O4S. The van der Waals surface area contributed by atoms with Crippen LogP contribution in [-0.2, 0) is 19.6 Å². The maximum atomic E-state index is 11.8. The number of anilines is 2. The Labute approximate surface area is 117 Å². The van der Waals surface area contributed by atoms with Crippen molar-refractivity contribution in [3.05, 3.63) is 24.3 Å². The summed E-state index contributed by atoms with van der Waals surface area (Å²) >= 11 is 0. The van der Waals surface area contributed by atoms with Crippen molar-refractivity contribution in [3.63, 3.8) is 0 Å². The van der Waals surface area contributed by atoms with Gasteiger partial charge in [0, 0.05) is 12.6 Å². The van der Waals surface area contributed by atoms with Gasteiger partial charge in [0.15, 0.2) is 0 Å². The van der Waals surface area contributed by atoms with Crippen LogP contribution in [0.25, 0.3) is 0 Å². The standard InChI is InChI=1S/C12H17N3O4S/c1-8(13-9(2)16)12(17)14-10-5-4-6-11(7-10)15-20(3,18)19/h4-8,15H,1-3H3,(H,13,16)(H,14,17). The average molecular weight is 299 g/mol. The zero-order valence-corrected chi connectivity index (χ0v) is 12.2. The number of hydrogen-bond donors (Lipinski definition) is 3. The first-order chi connectivity index (χ1) is 9.17. The Bertz CT molecular complexity index is 613. The van der Waals surface area contributed by atoms with Gasteiger partial charge in [-0.25, -0.2) is 8.42 Å². The van der Waals surface area contributed by atoms with Crippen molar-refractivity contribution < 1.29 is 18.0 Å². The van der Waals surface area contributed by atoms with Crippen LogP contribution in [0.1, 0.15) is 13.8 Å². The molecule has 0 aliphatic carbocycles. The quantitative estimate of drug-likeness (QED) is 0.737. The van der Waals surface area contributed by atoms with E-state index in [2.05, 4.69) is 15.4 Å². The number of rotatable bonds is 5. The summed E-state index contributed by atoms with van der Waals surface area (Å²) in [4.78, 5) is 22.6. The van der Waals surface area contributed by atoms with E-state index in [-0.39, 0.29) is 5.91 Å². The Morgan fingerprint density at radius 1 is 1.20 bits per heavy atom. The van der Waals surface area contributed by atoms with Crippen LogP contribution in [0.2, 0.25) is 0 Å². The summed E-state index contributed by atoms with van der Waals surface area (Å²) in [5, 5.41) is 5.04. The molecule has 0 radical (unpaired) electrons. The predicted molar refractivity (Wildman–Crippen MR) is 76.8 cm³/mol. The number of amides is 2. The summed E-state index contributed by atoms with van der Waals surface area (Å²) in [6, 6.07) is 5.59. The molecule has 7 nitrogen and oxygen atoms in total. The van der Waals surface area contributed by atoms with Crippen molar-refractivity contribution in [2.45, 2.75) is 19.9 Å². The highest BCUT2D eigenvalue weighted by atomic mass is 32.2. The Morgan fingerprint density at radius 2 is 1.80 bits per heavy atom. The Morgan fingerprint density at radius 3 is 2.35 bits per heavy atom. The zero-order valence-electron chi connectivity index (χ0n) is 11.4. The smallest absolute Gasteiger partial charge is 0.246 e. The van der Waals surface area contributed by atoms with Gasteiger partial charge >= 0.3 is 0 Å². The summed E-state index contributed by atoms with van der Waals surface area (Å²) in [5.41, 5.74) is 0.776. The summed E-state index contributed by atoms with van der Waals surface area (Å²) in [7, 11) is -3.37. The van der Waals surface area contributed by atoms with Gasteiger partial charge in [0.1, 0.15) is 6.04 Å². The molecule has 20 heavy (non-hydrogen) atoms. The molecule has 0 heterocycles. The minimum absolute atomic E-state index is 0.305. The highest BCUT2D eigenvalue weighted by Gasteiger charge is 2.13. The lowest BCUT2D eigenvalue weighted by Gasteiger charge is -2.13. The fraction of sp³-hybridized carbons (Fsp3) is 0.333. The Kier molecular flexibility index (Phi) is 5.09. The van der Waals surface area contributed by atoms with E-state index >= 15 is 0 Å². The van der Waals surface area contributed by atoms with E-state index in [0.717, 1.165) is 6.26 Å². The third-order valence-corrected chi connectivity index (χ3v) is 2.85. The lowest BCUT2D eigenvalue weighted by atomic mass is 10.2. The van der Waals surface area contributed by atoms with Gasteiger partial charge in [0.2, 0.25) is 21.8 Å². The van der Waals surface area contributed by atoms with Crippen LogP contribution in [0.3, 0.4) is 0 Å². The fourth-order valence-corrected chi connectivity index (χ4v) is 2.05. The van der Waals surface area contributed by atoms with Gasteiger partial charge in [-0.2, -0.15) is 0 Å². The van der Waals surface area contributed by atoms with Crippen LogP contribution >= 0.6 is 0 Å². The van der Waals surface area contributed by atoms with Crippen LogP contribution in [0.15, 0.2) is 24.3 Å². The number of sulfonamides is 1. The molecule has 0 aliphatic rings. The second-order valence-corrected chi connectivity index (χ2v) is 6.11. The first-order valence-electron chi connectivity index (χ1n) is 5.83. The molecule has 1 aromatic carbocycles. The van der Waals surface area contributed by atoms with Crippen molar-refractivity contribution in [1.29, 1.82) is 0 Å². The van der Waals surface area contributed by atoms with Crippen LogP contribution < -0.4 is 15.4 Å². The maximum absolute atomic E-state index is 11.8. The molecule has 1 atom stereocenters. The molecule has 0 spiro atoms. The van der Waals surface area contributed by atoms with Crippen molar-refractivity contribution in [1.82, 2.24) is 5.32 Å². The predicted octanol–water partition coefficient (Wildman–Crippen LogP) is 0.521. The van der Waals surface area contributed by atoms with E-state index < -0.39 is 22.0 Å². The molecule has 0 aromatic heterocycles. The lowest BCUT2D eigenvalue weighted by Crippen LogP contribution is -2.40. The van der Waals surface area contributed by atoms with Gasteiger partial charge in [0.25, 0.3) is 0 Å². The first kappa shape index (κ1) is 16.0. The molecule has 8 heteroatoms. The van der Waals surface area contributed by atoms with Crippen molar-refractivity contribution in [2.75, 3.05) is 16.3 Å². The summed E-state index contributed by atoms with van der Waals surface area (Å²) in [5.74, 6) is -0.697. The number of carbonyl (C=O) groups is 2. The highest BCUT2D eigenvalue weighted by Crippen LogP contribution is 2.16. The van der Waals surface area contributed by atoms with Gasteiger partial charge in [-0.1, -0.05) is 6.07 Å². The SMILES string of the molecule is CC(=O)NC(C)C(=O)Nc1cccc(NS(C)(=O)=O)c1. The Hall–Kier alpha value is -2.09. The summed E-state index contributed by atoms with van der Waals surface area (Å²) in [6.07, 6.45) is 1.04. The molecule has 1 rings (SSSR count). The molecule has 3 N–H and O–H groups in total. The van der Waals surface area contributed by atoms with Crippen LogP contribution in [-0.4, -0.2) is 32.5 Å². The number of carbonyl (C=O) groups excluding carboxylic acids is 2. The van der Waals surface area contributed by atoms with E-state index in [0.29, 0.717) is 11.4 Å². The van der Waals surface area contributed by atoms with Crippen LogP contribution in [0, 0.1) is 0 Å². The van der Waals surface area contributed by atoms with Crippen LogP contribution in [0.5, 0.6) is 0 Å². The molecule has 0 fully saturated rings. The summed E-state index contributed by atoms with van der Waals surface area (Å²) < 4.78 is 24.5. The van der Waals surface area contributed by atoms with Gasteiger partial charge < -0.3 is 10.6 Å². The van der Waals surface area contributed by atoms with Crippen LogP contribution in [0.4, 0.5) is 11.4 Å². The maximum Gasteiger partial charge on any atom is 0.246 e. The molecule has 0 saturated heterocycles. The fourth-order valence-electron chi connectivity index (χ4n) is 1.50. The third kappa shape index (κ3) is 5.70. The number of nitrogens with one attached hydrogen (secondary N) is 3.